The van der Waals surface area contributed by atoms with Gasteiger partial charge in [-0.2, -0.15) is 0 Å². The van der Waals surface area contributed by atoms with Gasteiger partial charge in [0.15, 0.2) is 6.10 Å². The Kier molecular flexibility index (Phi) is 8.04. The maximum absolute atomic E-state index is 12.0. The molecule has 0 radical (unpaired) electrons. The normalized spacial score (nSPS) is 11.6. The Bertz CT molecular complexity index is 589. The third-order valence-corrected chi connectivity index (χ3v) is 2.81. The molecule has 0 N–H and O–H groups in total. The van der Waals surface area contributed by atoms with Crippen LogP contribution < -0.4 is 9.47 Å². The van der Waals surface area contributed by atoms with Crippen LogP contribution >= 0.6 is 0 Å². The van der Waals surface area contributed by atoms with Gasteiger partial charge in [0.2, 0.25) is 0 Å². The lowest BCUT2D eigenvalue weighted by Gasteiger charge is -2.14. The number of benzene rings is 1. The fourth-order valence-corrected chi connectivity index (χ4v) is 1.63. The monoisotopic (exact) mass is 336 g/mol. The molecule has 0 aromatic heterocycles. The SMILES string of the molecule is CCOC(=O)/C=C/C(=O)OC(CC)C(=O)Oc1ccc(OC)cc1. The molecule has 130 valence electrons. The summed E-state index contributed by atoms with van der Waals surface area (Å²) in [4.78, 5) is 34.8. The number of rotatable bonds is 8. The van der Waals surface area contributed by atoms with Crippen molar-refractivity contribution in [3.63, 3.8) is 0 Å². The molecule has 7 heteroatoms. The maximum Gasteiger partial charge on any atom is 0.352 e. The molecule has 0 aliphatic carbocycles. The van der Waals surface area contributed by atoms with E-state index in [4.69, 9.17) is 14.2 Å². The molecule has 7 nitrogen and oxygen atoms in total. The molecular weight excluding hydrogens is 316 g/mol. The van der Waals surface area contributed by atoms with Crippen LogP contribution in [-0.2, 0) is 23.9 Å². The highest BCUT2D eigenvalue weighted by molar-refractivity contribution is 5.92. The fraction of sp³-hybridized carbons (Fsp3) is 0.353. The number of carbonyl (C=O) groups excluding carboxylic acids is 3. The molecule has 0 heterocycles. The van der Waals surface area contributed by atoms with Crippen molar-refractivity contribution in [1.29, 1.82) is 0 Å². The lowest BCUT2D eigenvalue weighted by Crippen LogP contribution is -2.30. The van der Waals surface area contributed by atoms with E-state index in [1.54, 1.807) is 38.1 Å². The zero-order chi connectivity index (χ0) is 17.9. The minimum Gasteiger partial charge on any atom is -0.497 e. The first-order valence-electron chi connectivity index (χ1n) is 7.41. The largest absolute Gasteiger partial charge is 0.497 e. The van der Waals surface area contributed by atoms with Crippen LogP contribution in [0, 0.1) is 0 Å². The molecule has 1 aromatic carbocycles. The fourth-order valence-electron chi connectivity index (χ4n) is 1.63. The Morgan fingerprint density at radius 2 is 1.58 bits per heavy atom. The Morgan fingerprint density at radius 1 is 1.00 bits per heavy atom. The summed E-state index contributed by atoms with van der Waals surface area (Å²) in [6.45, 7) is 3.51. The number of hydrogen-bond acceptors (Lipinski definition) is 7. The van der Waals surface area contributed by atoms with E-state index in [0.29, 0.717) is 11.5 Å². The highest BCUT2D eigenvalue weighted by Gasteiger charge is 2.22. The second kappa shape index (κ2) is 10.0. The van der Waals surface area contributed by atoms with Crippen molar-refractivity contribution < 1.29 is 33.3 Å². The third-order valence-electron chi connectivity index (χ3n) is 2.81. The average molecular weight is 336 g/mol. The highest BCUT2D eigenvalue weighted by atomic mass is 16.6. The molecule has 0 saturated carbocycles. The second-order valence-corrected chi connectivity index (χ2v) is 4.52. The summed E-state index contributed by atoms with van der Waals surface area (Å²) in [5.41, 5.74) is 0. The van der Waals surface area contributed by atoms with Crippen LogP contribution in [-0.4, -0.2) is 37.7 Å². The van der Waals surface area contributed by atoms with Crippen LogP contribution in [0.25, 0.3) is 0 Å². The van der Waals surface area contributed by atoms with Crippen molar-refractivity contribution in [3.8, 4) is 11.5 Å². The molecule has 0 fully saturated rings. The number of esters is 3. The molecule has 1 atom stereocenters. The van der Waals surface area contributed by atoms with Gasteiger partial charge in [0.1, 0.15) is 11.5 Å². The summed E-state index contributed by atoms with van der Waals surface area (Å²) in [5.74, 6) is -1.28. The molecular formula is C17H20O7. The van der Waals surface area contributed by atoms with Crippen molar-refractivity contribution >= 4 is 17.9 Å². The Morgan fingerprint density at radius 3 is 2.12 bits per heavy atom. The first-order valence-corrected chi connectivity index (χ1v) is 7.41. The van der Waals surface area contributed by atoms with E-state index in [0.717, 1.165) is 12.2 Å². The van der Waals surface area contributed by atoms with E-state index in [1.165, 1.54) is 7.11 Å². The van der Waals surface area contributed by atoms with Crippen LogP contribution in [0.2, 0.25) is 0 Å². The lowest BCUT2D eigenvalue weighted by atomic mass is 10.2. The zero-order valence-corrected chi connectivity index (χ0v) is 13.8. The Hall–Kier alpha value is -2.83. The van der Waals surface area contributed by atoms with E-state index in [2.05, 4.69) is 4.74 Å². The van der Waals surface area contributed by atoms with Gasteiger partial charge in [-0.15, -0.1) is 0 Å². The summed E-state index contributed by atoms with van der Waals surface area (Å²) in [7, 11) is 1.53. The molecule has 0 saturated heterocycles. The number of carbonyl (C=O) groups is 3. The summed E-state index contributed by atoms with van der Waals surface area (Å²) in [6.07, 6.45) is 0.995. The Balaban J connectivity index is 2.59. The van der Waals surface area contributed by atoms with Gasteiger partial charge in [-0.1, -0.05) is 6.92 Å². The topological polar surface area (TPSA) is 88.1 Å². The van der Waals surface area contributed by atoms with Gasteiger partial charge in [0.05, 0.1) is 13.7 Å². The van der Waals surface area contributed by atoms with Crippen LogP contribution in [0.4, 0.5) is 0 Å². The smallest absolute Gasteiger partial charge is 0.352 e. The van der Waals surface area contributed by atoms with E-state index in [9.17, 15) is 14.4 Å². The minimum atomic E-state index is -1.08. The predicted octanol–water partition coefficient (Wildman–Crippen LogP) is 2.04. The predicted molar refractivity (Wildman–Crippen MR) is 84.6 cm³/mol. The summed E-state index contributed by atoms with van der Waals surface area (Å²) >= 11 is 0. The van der Waals surface area contributed by atoms with Crippen molar-refractivity contribution in [2.45, 2.75) is 26.4 Å². The standard InChI is InChI=1S/C17H20O7/c1-4-14(24-16(19)11-10-15(18)22-5-2)17(20)23-13-8-6-12(21-3)7-9-13/h6-11,14H,4-5H2,1-3H3/b11-10+. The van der Waals surface area contributed by atoms with Crippen LogP contribution in [0.5, 0.6) is 11.5 Å². The summed E-state index contributed by atoms with van der Waals surface area (Å²) in [5, 5.41) is 0. The molecule has 1 aromatic rings. The third kappa shape index (κ3) is 6.51. The van der Waals surface area contributed by atoms with Crippen molar-refractivity contribution in [2.24, 2.45) is 0 Å². The number of hydrogen-bond donors (Lipinski definition) is 0. The van der Waals surface area contributed by atoms with Gasteiger partial charge >= 0.3 is 17.9 Å². The molecule has 0 bridgehead atoms. The molecule has 0 amide bonds. The molecule has 0 spiro atoms. The van der Waals surface area contributed by atoms with Gasteiger partial charge in [0, 0.05) is 12.2 Å². The van der Waals surface area contributed by atoms with Gasteiger partial charge in [0.25, 0.3) is 0 Å². The zero-order valence-electron chi connectivity index (χ0n) is 13.8. The summed E-state index contributed by atoms with van der Waals surface area (Å²) in [6, 6.07) is 6.40. The first kappa shape index (κ1) is 19.2. The van der Waals surface area contributed by atoms with E-state index < -0.39 is 24.0 Å². The van der Waals surface area contributed by atoms with Gasteiger partial charge in [-0.05, 0) is 37.6 Å². The van der Waals surface area contributed by atoms with E-state index in [-0.39, 0.29) is 13.0 Å². The maximum atomic E-state index is 12.0. The quantitative estimate of drug-likeness (QED) is 0.408. The van der Waals surface area contributed by atoms with Crippen LogP contribution in [0.1, 0.15) is 20.3 Å². The van der Waals surface area contributed by atoms with Crippen molar-refractivity contribution in [2.75, 3.05) is 13.7 Å². The second-order valence-electron chi connectivity index (χ2n) is 4.52. The van der Waals surface area contributed by atoms with Crippen molar-refractivity contribution in [1.82, 2.24) is 0 Å². The highest BCUT2D eigenvalue weighted by Crippen LogP contribution is 2.18. The van der Waals surface area contributed by atoms with Crippen LogP contribution in [0.15, 0.2) is 36.4 Å². The lowest BCUT2D eigenvalue weighted by molar-refractivity contribution is -0.159. The van der Waals surface area contributed by atoms with Crippen LogP contribution in [0.3, 0.4) is 0 Å². The average Bonchev–Trinajstić information content (AvgIpc) is 2.58. The molecule has 24 heavy (non-hydrogen) atoms. The summed E-state index contributed by atoms with van der Waals surface area (Å²) < 4.78 is 19.8. The van der Waals surface area contributed by atoms with Gasteiger partial charge < -0.3 is 18.9 Å². The van der Waals surface area contributed by atoms with E-state index in [1.807, 2.05) is 0 Å². The molecule has 1 unspecified atom stereocenters. The van der Waals surface area contributed by atoms with Crippen molar-refractivity contribution in [3.05, 3.63) is 36.4 Å². The number of ether oxygens (including phenoxy) is 4. The van der Waals surface area contributed by atoms with Gasteiger partial charge in [-0.25, -0.2) is 14.4 Å². The Labute approximate surface area is 140 Å². The van der Waals surface area contributed by atoms with E-state index >= 15 is 0 Å². The van der Waals surface area contributed by atoms with Gasteiger partial charge in [-0.3, -0.25) is 0 Å². The first-order chi connectivity index (χ1) is 11.5. The molecule has 1 rings (SSSR count). The minimum absolute atomic E-state index is 0.198. The molecule has 0 aliphatic heterocycles. The number of methoxy groups -OCH3 is 1. The molecule has 0 aliphatic rings.